The van der Waals surface area contributed by atoms with Crippen LogP contribution in [0.4, 0.5) is 0 Å². The summed E-state index contributed by atoms with van der Waals surface area (Å²) in [5, 5.41) is 9.04. The van der Waals surface area contributed by atoms with Gasteiger partial charge in [0, 0.05) is 5.54 Å². The minimum absolute atomic E-state index is 0.177. The van der Waals surface area contributed by atoms with Gasteiger partial charge >= 0.3 is 0 Å². The highest BCUT2D eigenvalue weighted by Crippen LogP contribution is 2.45. The highest BCUT2D eigenvalue weighted by molar-refractivity contribution is 5.00. The van der Waals surface area contributed by atoms with Gasteiger partial charge in [0.1, 0.15) is 0 Å². The predicted octanol–water partition coefficient (Wildman–Crippen LogP) is 1.67. The number of hydrogen-bond acceptors (Lipinski definition) is 2. The second-order valence-electron chi connectivity index (χ2n) is 5.09. The first-order valence-electron chi connectivity index (χ1n) is 5.63. The van der Waals surface area contributed by atoms with E-state index in [0.29, 0.717) is 0 Å². The van der Waals surface area contributed by atoms with E-state index < -0.39 is 0 Å². The van der Waals surface area contributed by atoms with Crippen LogP contribution in [0.25, 0.3) is 0 Å². The minimum Gasteiger partial charge on any atom is -0.394 e. The second-order valence-corrected chi connectivity index (χ2v) is 5.09. The van der Waals surface area contributed by atoms with Crippen molar-refractivity contribution in [2.75, 3.05) is 6.61 Å². The summed E-state index contributed by atoms with van der Waals surface area (Å²) in [7, 11) is 0. The lowest BCUT2D eigenvalue weighted by molar-refractivity contribution is 0.0289. The molecule has 0 amide bonds. The van der Waals surface area contributed by atoms with Gasteiger partial charge in [-0.15, -0.1) is 0 Å². The quantitative estimate of drug-likeness (QED) is 0.684. The van der Waals surface area contributed by atoms with Crippen LogP contribution in [0, 0.1) is 11.8 Å². The Morgan fingerprint density at radius 2 is 1.69 bits per heavy atom. The van der Waals surface area contributed by atoms with Crippen molar-refractivity contribution in [3.05, 3.63) is 0 Å². The molecular weight excluding hydrogens is 162 g/mol. The zero-order valence-corrected chi connectivity index (χ0v) is 8.34. The third-order valence-electron chi connectivity index (χ3n) is 3.97. The smallest absolute Gasteiger partial charge is 0.0611 e. The second kappa shape index (κ2) is 3.58. The average molecular weight is 183 g/mol. The third-order valence-corrected chi connectivity index (χ3v) is 3.97. The molecule has 0 unspecified atom stereocenters. The van der Waals surface area contributed by atoms with Crippen LogP contribution in [-0.4, -0.2) is 17.3 Å². The summed E-state index contributed by atoms with van der Waals surface area (Å²) >= 11 is 0. The van der Waals surface area contributed by atoms with E-state index in [9.17, 15) is 0 Å². The van der Waals surface area contributed by atoms with Gasteiger partial charge in [-0.05, 0) is 24.7 Å². The molecule has 3 N–H and O–H groups in total. The summed E-state index contributed by atoms with van der Waals surface area (Å²) in [5.74, 6) is 1.76. The Balaban J connectivity index is 1.78. The molecule has 2 aliphatic carbocycles. The highest BCUT2D eigenvalue weighted by atomic mass is 16.3. The molecule has 0 atom stereocenters. The number of hydrogen-bond donors (Lipinski definition) is 2. The Bertz CT molecular complexity index is 169. The van der Waals surface area contributed by atoms with Gasteiger partial charge in [-0.2, -0.15) is 0 Å². The van der Waals surface area contributed by atoms with Crippen LogP contribution < -0.4 is 5.73 Å². The van der Waals surface area contributed by atoms with Crippen molar-refractivity contribution in [3.8, 4) is 0 Å². The number of aliphatic hydroxyl groups excluding tert-OH is 1. The molecule has 76 valence electrons. The summed E-state index contributed by atoms with van der Waals surface area (Å²) in [6.45, 7) is 0.177. The van der Waals surface area contributed by atoms with Gasteiger partial charge in [0.25, 0.3) is 0 Å². The number of rotatable bonds is 2. The molecule has 2 aliphatic rings. The topological polar surface area (TPSA) is 46.2 Å². The molecular formula is C11H21NO. The van der Waals surface area contributed by atoms with Crippen LogP contribution >= 0.6 is 0 Å². The van der Waals surface area contributed by atoms with Gasteiger partial charge in [0.05, 0.1) is 6.61 Å². The third kappa shape index (κ3) is 1.89. The SMILES string of the molecule is NC1(CO)CC(C2CCCCC2)C1. The lowest BCUT2D eigenvalue weighted by atomic mass is 9.61. The Hall–Kier alpha value is -0.0800. The highest BCUT2D eigenvalue weighted by Gasteiger charge is 2.43. The maximum absolute atomic E-state index is 9.04. The molecule has 0 heterocycles. The van der Waals surface area contributed by atoms with E-state index >= 15 is 0 Å². The van der Waals surface area contributed by atoms with Gasteiger partial charge in [0.15, 0.2) is 0 Å². The van der Waals surface area contributed by atoms with Gasteiger partial charge in [-0.3, -0.25) is 0 Å². The average Bonchev–Trinajstić information content (AvgIpc) is 2.14. The minimum atomic E-state index is -0.206. The first-order chi connectivity index (χ1) is 6.23. The van der Waals surface area contributed by atoms with Gasteiger partial charge in [-0.25, -0.2) is 0 Å². The molecule has 0 bridgehead atoms. The van der Waals surface area contributed by atoms with Crippen molar-refractivity contribution < 1.29 is 5.11 Å². The fourth-order valence-electron chi connectivity index (χ4n) is 3.05. The molecule has 0 aromatic carbocycles. The summed E-state index contributed by atoms with van der Waals surface area (Å²) in [6.07, 6.45) is 9.20. The van der Waals surface area contributed by atoms with Crippen molar-refractivity contribution >= 4 is 0 Å². The van der Waals surface area contributed by atoms with Crippen LogP contribution in [0.1, 0.15) is 44.9 Å². The van der Waals surface area contributed by atoms with Crippen molar-refractivity contribution in [3.63, 3.8) is 0 Å². The van der Waals surface area contributed by atoms with Crippen molar-refractivity contribution in [1.82, 2.24) is 0 Å². The Labute approximate surface area is 80.5 Å². The zero-order chi connectivity index (χ0) is 9.31. The standard InChI is InChI=1S/C11H21NO/c12-11(8-13)6-10(7-11)9-4-2-1-3-5-9/h9-10,13H,1-8,12H2. The summed E-state index contributed by atoms with van der Waals surface area (Å²) in [6, 6.07) is 0. The fourth-order valence-corrected chi connectivity index (χ4v) is 3.05. The van der Waals surface area contributed by atoms with Crippen LogP contribution in [0.5, 0.6) is 0 Å². The van der Waals surface area contributed by atoms with Gasteiger partial charge in [0.2, 0.25) is 0 Å². The van der Waals surface area contributed by atoms with E-state index in [4.69, 9.17) is 10.8 Å². The monoisotopic (exact) mass is 183 g/mol. The van der Waals surface area contributed by atoms with Gasteiger partial charge in [-0.1, -0.05) is 32.1 Å². The molecule has 0 aliphatic heterocycles. The molecule has 13 heavy (non-hydrogen) atoms. The van der Waals surface area contributed by atoms with E-state index in [-0.39, 0.29) is 12.1 Å². The first kappa shape index (κ1) is 9.47. The maximum Gasteiger partial charge on any atom is 0.0611 e. The molecule has 0 saturated heterocycles. The molecule has 2 rings (SSSR count). The van der Waals surface area contributed by atoms with E-state index in [1.54, 1.807) is 0 Å². The van der Waals surface area contributed by atoms with E-state index in [1.165, 1.54) is 32.1 Å². The molecule has 2 fully saturated rings. The predicted molar refractivity (Wildman–Crippen MR) is 53.3 cm³/mol. The molecule has 2 nitrogen and oxygen atoms in total. The molecule has 0 radical (unpaired) electrons. The van der Waals surface area contributed by atoms with Crippen LogP contribution in [0.15, 0.2) is 0 Å². The Morgan fingerprint density at radius 1 is 1.08 bits per heavy atom. The molecule has 0 aromatic rings. The summed E-state index contributed by atoms with van der Waals surface area (Å²) in [5.41, 5.74) is 5.74. The van der Waals surface area contributed by atoms with Crippen molar-refractivity contribution in [2.45, 2.75) is 50.5 Å². The summed E-state index contributed by atoms with van der Waals surface area (Å²) in [4.78, 5) is 0. The zero-order valence-electron chi connectivity index (χ0n) is 8.34. The maximum atomic E-state index is 9.04. The lowest BCUT2D eigenvalue weighted by Gasteiger charge is -2.48. The first-order valence-corrected chi connectivity index (χ1v) is 5.63. The Morgan fingerprint density at radius 3 is 2.23 bits per heavy atom. The van der Waals surface area contributed by atoms with E-state index in [0.717, 1.165) is 24.7 Å². The largest absolute Gasteiger partial charge is 0.394 e. The van der Waals surface area contributed by atoms with Crippen molar-refractivity contribution in [1.29, 1.82) is 0 Å². The fraction of sp³-hybridized carbons (Fsp3) is 1.00. The summed E-state index contributed by atoms with van der Waals surface area (Å²) < 4.78 is 0. The van der Waals surface area contributed by atoms with E-state index in [2.05, 4.69) is 0 Å². The molecule has 0 aromatic heterocycles. The molecule has 2 heteroatoms. The van der Waals surface area contributed by atoms with Crippen LogP contribution in [-0.2, 0) is 0 Å². The van der Waals surface area contributed by atoms with Crippen molar-refractivity contribution in [2.24, 2.45) is 17.6 Å². The van der Waals surface area contributed by atoms with Crippen LogP contribution in [0.2, 0.25) is 0 Å². The number of aliphatic hydroxyl groups is 1. The molecule has 0 spiro atoms. The lowest BCUT2D eigenvalue weighted by Crippen LogP contribution is -2.56. The normalized spacial score (nSPS) is 41.5. The molecule has 2 saturated carbocycles. The van der Waals surface area contributed by atoms with Crippen LogP contribution in [0.3, 0.4) is 0 Å². The number of nitrogens with two attached hydrogens (primary N) is 1. The van der Waals surface area contributed by atoms with Gasteiger partial charge < -0.3 is 10.8 Å². The Kier molecular flexibility index (Phi) is 2.61. The van der Waals surface area contributed by atoms with E-state index in [1.807, 2.05) is 0 Å².